The average Bonchev–Trinajstić information content (AvgIpc) is 2.34. The number of benzene rings is 1. The summed E-state index contributed by atoms with van der Waals surface area (Å²) in [6, 6.07) is 6.23. The Balaban J connectivity index is 2.77. The van der Waals surface area contributed by atoms with Crippen LogP contribution in [0, 0.1) is 11.3 Å². The van der Waals surface area contributed by atoms with Crippen LogP contribution < -0.4 is 5.32 Å². The van der Waals surface area contributed by atoms with Gasteiger partial charge in [0, 0.05) is 6.54 Å². The van der Waals surface area contributed by atoms with E-state index in [0.29, 0.717) is 12.5 Å². The van der Waals surface area contributed by atoms with Gasteiger partial charge in [0.25, 0.3) is 5.91 Å². The lowest BCUT2D eigenvalue weighted by Crippen LogP contribution is -2.34. The van der Waals surface area contributed by atoms with Crippen molar-refractivity contribution in [2.24, 2.45) is 11.3 Å². The van der Waals surface area contributed by atoms with Crippen molar-refractivity contribution < 1.29 is 14.7 Å². The Morgan fingerprint density at radius 2 is 1.74 bits per heavy atom. The van der Waals surface area contributed by atoms with Gasteiger partial charge in [0.15, 0.2) is 0 Å². The van der Waals surface area contributed by atoms with Gasteiger partial charge < -0.3 is 10.4 Å². The summed E-state index contributed by atoms with van der Waals surface area (Å²) in [5.41, 5.74) is 0.332. The Kier molecular flexibility index (Phi) is 4.70. The zero-order chi connectivity index (χ0) is 14.6. The number of amides is 1. The van der Waals surface area contributed by atoms with Gasteiger partial charge >= 0.3 is 5.97 Å². The number of carbonyl (C=O) groups is 2. The minimum Gasteiger partial charge on any atom is -0.478 e. The fourth-order valence-corrected chi connectivity index (χ4v) is 1.51. The fourth-order valence-electron chi connectivity index (χ4n) is 1.51. The number of carboxylic acids is 1. The molecule has 0 heterocycles. The van der Waals surface area contributed by atoms with Crippen LogP contribution in [0.15, 0.2) is 24.3 Å². The van der Waals surface area contributed by atoms with Crippen molar-refractivity contribution in [3.8, 4) is 0 Å². The van der Waals surface area contributed by atoms with Crippen molar-refractivity contribution >= 4 is 11.9 Å². The summed E-state index contributed by atoms with van der Waals surface area (Å²) in [5.74, 6) is -1.13. The maximum atomic E-state index is 12.0. The van der Waals surface area contributed by atoms with Crippen LogP contribution in [0.4, 0.5) is 0 Å². The molecule has 1 amide bonds. The fraction of sp³-hybridized carbons (Fsp3) is 0.467. The van der Waals surface area contributed by atoms with E-state index in [0.717, 1.165) is 0 Å². The van der Waals surface area contributed by atoms with Crippen LogP contribution in [0.1, 0.15) is 48.4 Å². The number of hydrogen-bond donors (Lipinski definition) is 2. The summed E-state index contributed by atoms with van der Waals surface area (Å²) in [4.78, 5) is 23.1. The summed E-state index contributed by atoms with van der Waals surface area (Å²) < 4.78 is 0. The van der Waals surface area contributed by atoms with Gasteiger partial charge in [0.1, 0.15) is 0 Å². The first kappa shape index (κ1) is 15.2. The molecular weight excluding hydrogens is 242 g/mol. The van der Waals surface area contributed by atoms with Gasteiger partial charge in [-0.25, -0.2) is 4.79 Å². The first-order chi connectivity index (χ1) is 8.73. The molecule has 0 aromatic heterocycles. The van der Waals surface area contributed by atoms with Crippen molar-refractivity contribution in [3.63, 3.8) is 0 Å². The van der Waals surface area contributed by atoms with Crippen LogP contribution in [0.25, 0.3) is 0 Å². The molecule has 0 radical (unpaired) electrons. The maximum absolute atomic E-state index is 12.0. The van der Waals surface area contributed by atoms with Crippen molar-refractivity contribution in [2.45, 2.75) is 27.7 Å². The van der Waals surface area contributed by atoms with E-state index in [9.17, 15) is 9.59 Å². The molecular formula is C15H21NO3. The van der Waals surface area contributed by atoms with E-state index in [2.05, 4.69) is 33.0 Å². The third-order valence-electron chi connectivity index (χ3n) is 3.45. The molecule has 1 unspecified atom stereocenters. The zero-order valence-corrected chi connectivity index (χ0v) is 11.9. The predicted octanol–water partition coefficient (Wildman–Crippen LogP) is 2.80. The number of carboxylic acid groups (broad SMARTS) is 1. The van der Waals surface area contributed by atoms with Crippen LogP contribution in [0.2, 0.25) is 0 Å². The van der Waals surface area contributed by atoms with E-state index in [4.69, 9.17) is 5.11 Å². The molecule has 19 heavy (non-hydrogen) atoms. The highest BCUT2D eigenvalue weighted by atomic mass is 16.4. The third-order valence-corrected chi connectivity index (χ3v) is 3.45. The summed E-state index contributed by atoms with van der Waals surface area (Å²) in [6.45, 7) is 8.90. The molecule has 4 heteroatoms. The van der Waals surface area contributed by atoms with E-state index < -0.39 is 5.97 Å². The molecule has 0 aliphatic rings. The van der Waals surface area contributed by atoms with E-state index in [1.165, 1.54) is 12.1 Å². The van der Waals surface area contributed by atoms with Gasteiger partial charge in [-0.15, -0.1) is 0 Å². The Morgan fingerprint density at radius 1 is 1.21 bits per heavy atom. The Labute approximate surface area is 113 Å². The number of nitrogens with one attached hydrogen (secondary N) is 1. The van der Waals surface area contributed by atoms with Crippen LogP contribution in [-0.4, -0.2) is 23.5 Å². The minimum atomic E-state index is -1.09. The van der Waals surface area contributed by atoms with Gasteiger partial charge in [0.05, 0.1) is 11.1 Å². The first-order valence-electron chi connectivity index (χ1n) is 6.34. The zero-order valence-electron chi connectivity index (χ0n) is 11.9. The lowest BCUT2D eigenvalue weighted by Gasteiger charge is -2.27. The van der Waals surface area contributed by atoms with E-state index in [1.807, 2.05) is 0 Å². The molecule has 0 bridgehead atoms. The van der Waals surface area contributed by atoms with Crippen molar-refractivity contribution in [3.05, 3.63) is 35.4 Å². The lowest BCUT2D eigenvalue weighted by molar-refractivity contribution is 0.0690. The molecule has 4 nitrogen and oxygen atoms in total. The monoisotopic (exact) mass is 263 g/mol. The summed E-state index contributed by atoms with van der Waals surface area (Å²) in [5, 5.41) is 11.8. The quantitative estimate of drug-likeness (QED) is 0.877. The molecule has 0 aliphatic heterocycles. The van der Waals surface area contributed by atoms with E-state index in [-0.39, 0.29) is 22.4 Å². The summed E-state index contributed by atoms with van der Waals surface area (Å²) >= 11 is 0. The van der Waals surface area contributed by atoms with Gasteiger partial charge in [-0.05, 0) is 23.5 Å². The lowest BCUT2D eigenvalue weighted by atomic mass is 9.82. The molecule has 0 aliphatic carbocycles. The highest BCUT2D eigenvalue weighted by Crippen LogP contribution is 2.24. The van der Waals surface area contributed by atoms with E-state index in [1.54, 1.807) is 12.1 Å². The normalized spacial score (nSPS) is 12.8. The number of rotatable bonds is 4. The van der Waals surface area contributed by atoms with Crippen LogP contribution in [-0.2, 0) is 0 Å². The molecule has 0 spiro atoms. The van der Waals surface area contributed by atoms with Crippen LogP contribution >= 0.6 is 0 Å². The molecule has 0 saturated heterocycles. The second-order valence-electron chi connectivity index (χ2n) is 5.83. The van der Waals surface area contributed by atoms with Crippen molar-refractivity contribution in [2.75, 3.05) is 6.54 Å². The number of hydrogen-bond acceptors (Lipinski definition) is 2. The van der Waals surface area contributed by atoms with Gasteiger partial charge in [-0.3, -0.25) is 4.79 Å². The highest BCUT2D eigenvalue weighted by molar-refractivity contribution is 6.04. The molecule has 104 valence electrons. The topological polar surface area (TPSA) is 66.4 Å². The Morgan fingerprint density at radius 3 is 2.21 bits per heavy atom. The third kappa shape index (κ3) is 4.09. The summed E-state index contributed by atoms with van der Waals surface area (Å²) in [6.07, 6.45) is 0. The van der Waals surface area contributed by atoms with Crippen molar-refractivity contribution in [1.82, 2.24) is 5.32 Å². The van der Waals surface area contributed by atoms with Crippen molar-refractivity contribution in [1.29, 1.82) is 0 Å². The van der Waals surface area contributed by atoms with Crippen LogP contribution in [0.5, 0.6) is 0 Å². The first-order valence-corrected chi connectivity index (χ1v) is 6.34. The minimum absolute atomic E-state index is 0.0309. The van der Waals surface area contributed by atoms with E-state index >= 15 is 0 Å². The predicted molar refractivity (Wildman–Crippen MR) is 74.4 cm³/mol. The molecule has 0 saturated carbocycles. The number of aromatic carboxylic acids is 1. The SMILES string of the molecule is CC(CNC(=O)c1ccccc1C(=O)O)C(C)(C)C. The van der Waals surface area contributed by atoms with Gasteiger partial charge in [0.2, 0.25) is 0 Å². The number of carbonyl (C=O) groups excluding carboxylic acids is 1. The summed E-state index contributed by atoms with van der Waals surface area (Å²) in [7, 11) is 0. The molecule has 0 fully saturated rings. The highest BCUT2D eigenvalue weighted by Gasteiger charge is 2.21. The largest absolute Gasteiger partial charge is 0.478 e. The second-order valence-corrected chi connectivity index (χ2v) is 5.83. The molecule has 2 N–H and O–H groups in total. The molecule has 1 aromatic carbocycles. The molecule has 1 atom stereocenters. The Hall–Kier alpha value is -1.84. The van der Waals surface area contributed by atoms with Gasteiger partial charge in [-0.2, -0.15) is 0 Å². The smallest absolute Gasteiger partial charge is 0.336 e. The standard InChI is InChI=1S/C15H21NO3/c1-10(15(2,3)4)9-16-13(17)11-7-5-6-8-12(11)14(18)19/h5-8,10H,9H2,1-4H3,(H,16,17)(H,18,19). The molecule has 1 rings (SSSR count). The maximum Gasteiger partial charge on any atom is 0.336 e. The Bertz CT molecular complexity index is 475. The van der Waals surface area contributed by atoms with Crippen LogP contribution in [0.3, 0.4) is 0 Å². The average molecular weight is 263 g/mol. The van der Waals surface area contributed by atoms with Gasteiger partial charge in [-0.1, -0.05) is 39.8 Å². The second kappa shape index (κ2) is 5.87. The molecule has 1 aromatic rings.